The Hall–Kier alpha value is -3.78. The maximum absolute atomic E-state index is 12.9. The Balaban J connectivity index is 1.65. The van der Waals surface area contributed by atoms with E-state index in [0.717, 1.165) is 22.4 Å². The van der Waals surface area contributed by atoms with Crippen molar-refractivity contribution in [3.05, 3.63) is 59.5 Å². The number of thiophene rings is 1. The Morgan fingerprint density at radius 3 is 2.32 bits per heavy atom. The highest BCUT2D eigenvalue weighted by Crippen LogP contribution is 2.36. The first-order valence-electron chi connectivity index (χ1n) is 9.41. The maximum atomic E-state index is 12.9. The summed E-state index contributed by atoms with van der Waals surface area (Å²) < 4.78 is 15.7. The molecule has 0 unspecified atom stereocenters. The van der Waals surface area contributed by atoms with Gasteiger partial charge in [0.1, 0.15) is 27.0 Å². The lowest BCUT2D eigenvalue weighted by Crippen LogP contribution is -2.12. The van der Waals surface area contributed by atoms with Gasteiger partial charge >= 0.3 is 0 Å². The number of fused-ring (bicyclic) bond motifs is 1. The van der Waals surface area contributed by atoms with Crippen molar-refractivity contribution in [1.29, 1.82) is 0 Å². The van der Waals surface area contributed by atoms with E-state index in [1.54, 1.807) is 32.4 Å². The molecule has 31 heavy (non-hydrogen) atoms. The molecule has 0 aliphatic carbocycles. The van der Waals surface area contributed by atoms with Gasteiger partial charge in [-0.2, -0.15) is 0 Å². The number of hydrogen-bond donors (Lipinski definition) is 2. The number of nitrogens with two attached hydrogens (primary N) is 1. The number of ether oxygens (including phenoxy) is 3. The van der Waals surface area contributed by atoms with E-state index in [2.05, 4.69) is 5.32 Å². The number of nitrogen functional groups attached to an aromatic ring is 1. The van der Waals surface area contributed by atoms with Crippen LogP contribution in [0.5, 0.6) is 17.2 Å². The average molecular weight is 436 g/mol. The topological polar surface area (TPSA) is 95.7 Å². The van der Waals surface area contributed by atoms with E-state index in [4.69, 9.17) is 24.9 Å². The zero-order valence-electron chi connectivity index (χ0n) is 17.3. The van der Waals surface area contributed by atoms with E-state index in [1.165, 1.54) is 18.4 Å². The summed E-state index contributed by atoms with van der Waals surface area (Å²) in [5.74, 6) is 1.58. The molecular formula is C23H21N3O4S. The monoisotopic (exact) mass is 435 g/mol. The van der Waals surface area contributed by atoms with Gasteiger partial charge in [0.15, 0.2) is 0 Å². The van der Waals surface area contributed by atoms with Gasteiger partial charge in [-0.1, -0.05) is 0 Å². The molecule has 158 valence electrons. The molecule has 0 saturated carbocycles. The van der Waals surface area contributed by atoms with Crippen LogP contribution < -0.4 is 25.3 Å². The van der Waals surface area contributed by atoms with Crippen LogP contribution in [0.15, 0.2) is 54.6 Å². The van der Waals surface area contributed by atoms with Crippen LogP contribution in [0.25, 0.3) is 21.5 Å². The minimum atomic E-state index is -0.324. The number of nitrogens with one attached hydrogen (secondary N) is 1. The fourth-order valence-corrected chi connectivity index (χ4v) is 4.16. The molecule has 0 bridgehead atoms. The Bertz CT molecular complexity index is 1250. The average Bonchev–Trinajstić information content (AvgIpc) is 3.15. The first kappa shape index (κ1) is 20.5. The van der Waals surface area contributed by atoms with E-state index in [-0.39, 0.29) is 5.91 Å². The summed E-state index contributed by atoms with van der Waals surface area (Å²) in [5, 5.41) is 3.60. The van der Waals surface area contributed by atoms with Gasteiger partial charge in [-0.3, -0.25) is 4.79 Å². The molecule has 0 aliphatic rings. The lowest BCUT2D eigenvalue weighted by molar-refractivity contribution is 0.103. The quantitative estimate of drug-likeness (QED) is 0.451. The molecule has 0 fully saturated rings. The highest BCUT2D eigenvalue weighted by Gasteiger charge is 2.19. The third-order valence-electron chi connectivity index (χ3n) is 4.84. The van der Waals surface area contributed by atoms with Gasteiger partial charge in [-0.15, -0.1) is 11.3 Å². The van der Waals surface area contributed by atoms with Crippen molar-refractivity contribution in [2.75, 3.05) is 32.4 Å². The second kappa shape index (κ2) is 8.53. The summed E-state index contributed by atoms with van der Waals surface area (Å²) in [4.78, 5) is 18.7. The molecule has 0 radical (unpaired) electrons. The lowest BCUT2D eigenvalue weighted by atomic mass is 10.1. The molecule has 4 aromatic rings. The number of carbonyl (C=O) groups excluding carboxylic acids is 1. The van der Waals surface area contributed by atoms with E-state index < -0.39 is 0 Å². The molecule has 0 saturated heterocycles. The molecule has 2 aromatic carbocycles. The van der Waals surface area contributed by atoms with Crippen LogP contribution >= 0.6 is 11.3 Å². The number of benzene rings is 2. The second-order valence-corrected chi connectivity index (χ2v) is 7.64. The van der Waals surface area contributed by atoms with Crippen LogP contribution in [0.2, 0.25) is 0 Å². The summed E-state index contributed by atoms with van der Waals surface area (Å²) in [5.41, 5.74) is 8.94. The van der Waals surface area contributed by atoms with E-state index in [1.807, 2.05) is 36.4 Å². The molecule has 4 rings (SSSR count). The normalized spacial score (nSPS) is 10.7. The second-order valence-electron chi connectivity index (χ2n) is 6.64. The predicted molar refractivity (Wildman–Crippen MR) is 124 cm³/mol. The fraction of sp³-hybridized carbons (Fsp3) is 0.130. The number of nitrogens with zero attached hydrogens (tertiary/aromatic N) is 1. The summed E-state index contributed by atoms with van der Waals surface area (Å²) in [7, 11) is 4.73. The summed E-state index contributed by atoms with van der Waals surface area (Å²) in [6, 6.07) is 16.6. The van der Waals surface area contributed by atoms with Crippen molar-refractivity contribution in [2.45, 2.75) is 0 Å². The standard InChI is InChI=1S/C23H21N3O4S/c1-28-14-6-4-13(5-7-14)17-11-9-16-20(24)21(31-23(16)26-17)22(27)25-18-10-8-15(29-2)12-19(18)30-3/h4-12H,24H2,1-3H3,(H,25,27). The molecule has 1 amide bonds. The van der Waals surface area contributed by atoms with Crippen molar-refractivity contribution < 1.29 is 19.0 Å². The zero-order chi connectivity index (χ0) is 22.0. The van der Waals surface area contributed by atoms with Gasteiger partial charge in [0.2, 0.25) is 0 Å². The third kappa shape index (κ3) is 3.97. The maximum Gasteiger partial charge on any atom is 0.268 e. The largest absolute Gasteiger partial charge is 0.497 e. The van der Waals surface area contributed by atoms with Crippen molar-refractivity contribution >= 4 is 38.8 Å². The van der Waals surface area contributed by atoms with Gasteiger partial charge in [0.25, 0.3) is 5.91 Å². The number of pyridine rings is 1. The highest BCUT2D eigenvalue weighted by molar-refractivity contribution is 7.21. The number of hydrogen-bond acceptors (Lipinski definition) is 7. The highest BCUT2D eigenvalue weighted by atomic mass is 32.1. The summed E-state index contributed by atoms with van der Waals surface area (Å²) >= 11 is 1.25. The van der Waals surface area contributed by atoms with Crippen molar-refractivity contribution in [1.82, 2.24) is 4.98 Å². The smallest absolute Gasteiger partial charge is 0.268 e. The Labute approximate surface area is 183 Å². The molecule has 0 atom stereocenters. The number of anilines is 2. The van der Waals surface area contributed by atoms with Crippen LogP contribution in [0.4, 0.5) is 11.4 Å². The van der Waals surface area contributed by atoms with Gasteiger partial charge in [-0.25, -0.2) is 4.98 Å². The van der Waals surface area contributed by atoms with Gasteiger partial charge in [0.05, 0.1) is 38.4 Å². The minimum Gasteiger partial charge on any atom is -0.497 e. The molecule has 7 nitrogen and oxygen atoms in total. The zero-order valence-corrected chi connectivity index (χ0v) is 18.1. The Morgan fingerprint density at radius 1 is 0.935 bits per heavy atom. The summed E-state index contributed by atoms with van der Waals surface area (Å²) in [6.07, 6.45) is 0. The molecule has 8 heteroatoms. The summed E-state index contributed by atoms with van der Waals surface area (Å²) in [6.45, 7) is 0. The van der Waals surface area contributed by atoms with Crippen LogP contribution in [-0.4, -0.2) is 32.2 Å². The van der Waals surface area contributed by atoms with Gasteiger partial charge in [0, 0.05) is 17.0 Å². The van der Waals surface area contributed by atoms with Crippen LogP contribution in [-0.2, 0) is 0 Å². The molecular weight excluding hydrogens is 414 g/mol. The van der Waals surface area contributed by atoms with Crippen molar-refractivity contribution in [3.63, 3.8) is 0 Å². The molecule has 3 N–H and O–H groups in total. The molecule has 0 aliphatic heterocycles. The first-order valence-corrected chi connectivity index (χ1v) is 10.2. The van der Waals surface area contributed by atoms with E-state index in [0.29, 0.717) is 32.6 Å². The Kier molecular flexibility index (Phi) is 5.64. The van der Waals surface area contributed by atoms with E-state index >= 15 is 0 Å². The number of aromatic nitrogens is 1. The first-order chi connectivity index (χ1) is 15.0. The number of rotatable bonds is 6. The third-order valence-corrected chi connectivity index (χ3v) is 5.96. The predicted octanol–water partition coefficient (Wildman–Crippen LogP) is 4.82. The molecule has 0 spiro atoms. The fourth-order valence-electron chi connectivity index (χ4n) is 3.17. The van der Waals surface area contributed by atoms with Crippen molar-refractivity contribution in [3.8, 4) is 28.5 Å². The van der Waals surface area contributed by atoms with Crippen LogP contribution in [0, 0.1) is 0 Å². The van der Waals surface area contributed by atoms with Crippen LogP contribution in [0.3, 0.4) is 0 Å². The number of carbonyl (C=O) groups is 1. The SMILES string of the molecule is COc1ccc(-c2ccc3c(N)c(C(=O)Nc4ccc(OC)cc4OC)sc3n2)cc1. The van der Waals surface area contributed by atoms with Crippen LogP contribution in [0.1, 0.15) is 9.67 Å². The van der Waals surface area contributed by atoms with Gasteiger partial charge < -0.3 is 25.3 Å². The lowest BCUT2D eigenvalue weighted by Gasteiger charge is -2.11. The Morgan fingerprint density at radius 2 is 1.65 bits per heavy atom. The minimum absolute atomic E-state index is 0.324. The van der Waals surface area contributed by atoms with Gasteiger partial charge in [-0.05, 0) is 48.5 Å². The number of amides is 1. The molecule has 2 aromatic heterocycles. The number of methoxy groups -OCH3 is 3. The van der Waals surface area contributed by atoms with Crippen molar-refractivity contribution in [2.24, 2.45) is 0 Å². The van der Waals surface area contributed by atoms with E-state index in [9.17, 15) is 4.79 Å². The molecule has 2 heterocycles.